The van der Waals surface area contributed by atoms with Gasteiger partial charge in [-0.25, -0.2) is 0 Å². The van der Waals surface area contributed by atoms with Crippen LogP contribution < -0.4 is 0 Å². The molecule has 18 heavy (non-hydrogen) atoms. The molecule has 1 fully saturated rings. The number of piperidine rings is 1. The van der Waals surface area contributed by atoms with Crippen LogP contribution in [0.25, 0.3) is 0 Å². The molecule has 1 unspecified atom stereocenters. The van der Waals surface area contributed by atoms with Gasteiger partial charge in [0.05, 0.1) is 18.4 Å². The van der Waals surface area contributed by atoms with E-state index in [-0.39, 0.29) is 11.8 Å². The summed E-state index contributed by atoms with van der Waals surface area (Å²) in [4.78, 5) is 24.9. The Morgan fingerprint density at radius 3 is 2.67 bits per heavy atom. The van der Waals surface area contributed by atoms with Crippen molar-refractivity contribution in [3.8, 4) is 0 Å². The van der Waals surface area contributed by atoms with Crippen molar-refractivity contribution >= 4 is 11.9 Å². The fourth-order valence-electron chi connectivity index (χ4n) is 2.31. The molecule has 0 aromatic rings. The number of aliphatic carboxylic acids is 1. The van der Waals surface area contributed by atoms with E-state index < -0.39 is 11.4 Å². The van der Waals surface area contributed by atoms with E-state index in [1.165, 1.54) is 0 Å². The van der Waals surface area contributed by atoms with Crippen LogP contribution in [0.5, 0.6) is 0 Å². The van der Waals surface area contributed by atoms with Crippen LogP contribution in [-0.4, -0.2) is 48.7 Å². The van der Waals surface area contributed by atoms with Crippen LogP contribution in [0.3, 0.4) is 0 Å². The van der Waals surface area contributed by atoms with Crippen molar-refractivity contribution in [1.82, 2.24) is 4.90 Å². The van der Waals surface area contributed by atoms with Gasteiger partial charge in [-0.2, -0.15) is 0 Å². The Bertz CT molecular complexity index is 314. The third-order valence-electron chi connectivity index (χ3n) is 3.87. The molecule has 1 aliphatic rings. The maximum Gasteiger partial charge on any atom is 0.309 e. The van der Waals surface area contributed by atoms with Crippen LogP contribution in [0.1, 0.15) is 33.1 Å². The molecule has 0 aromatic carbocycles. The lowest BCUT2D eigenvalue weighted by Gasteiger charge is -2.39. The van der Waals surface area contributed by atoms with Crippen molar-refractivity contribution in [1.29, 1.82) is 0 Å². The number of nitrogens with zero attached hydrogens (tertiary/aromatic N) is 1. The number of hydrogen-bond donors (Lipinski definition) is 1. The second-order valence-electron chi connectivity index (χ2n) is 5.45. The Hall–Kier alpha value is -1.10. The second-order valence-corrected chi connectivity index (χ2v) is 5.45. The molecule has 1 rings (SSSR count). The number of carboxylic acid groups (broad SMARTS) is 1. The van der Waals surface area contributed by atoms with E-state index in [2.05, 4.69) is 0 Å². The zero-order valence-corrected chi connectivity index (χ0v) is 11.4. The number of likely N-dealkylation sites (tertiary alicyclic amines) is 1. The van der Waals surface area contributed by atoms with Crippen molar-refractivity contribution < 1.29 is 19.4 Å². The first-order chi connectivity index (χ1) is 8.39. The molecule has 1 aliphatic heterocycles. The van der Waals surface area contributed by atoms with E-state index in [0.717, 1.165) is 19.4 Å². The summed E-state index contributed by atoms with van der Waals surface area (Å²) in [5.41, 5.74) is -0.778. The van der Waals surface area contributed by atoms with Crippen molar-refractivity contribution in [3.05, 3.63) is 0 Å². The SMILES string of the molecule is COCCC(=O)N1CCCC(C(C)(C)C(=O)O)C1. The molecular formula is C13H23NO4. The third-order valence-corrected chi connectivity index (χ3v) is 3.87. The highest BCUT2D eigenvalue weighted by molar-refractivity contribution is 5.77. The largest absolute Gasteiger partial charge is 0.481 e. The van der Waals surface area contributed by atoms with Gasteiger partial charge in [-0.05, 0) is 32.6 Å². The molecule has 1 atom stereocenters. The topological polar surface area (TPSA) is 66.8 Å². The van der Waals surface area contributed by atoms with Crippen molar-refractivity contribution in [2.24, 2.45) is 11.3 Å². The Labute approximate surface area is 108 Å². The van der Waals surface area contributed by atoms with Crippen LogP contribution in [0.4, 0.5) is 0 Å². The van der Waals surface area contributed by atoms with Gasteiger partial charge in [0.1, 0.15) is 0 Å². The molecule has 1 amide bonds. The minimum atomic E-state index is -0.793. The maximum atomic E-state index is 11.9. The van der Waals surface area contributed by atoms with Crippen molar-refractivity contribution in [2.45, 2.75) is 33.1 Å². The van der Waals surface area contributed by atoms with Gasteiger partial charge >= 0.3 is 5.97 Å². The molecule has 1 N–H and O–H groups in total. The van der Waals surface area contributed by atoms with Gasteiger partial charge in [0.25, 0.3) is 0 Å². The van der Waals surface area contributed by atoms with Gasteiger partial charge in [0, 0.05) is 20.2 Å². The van der Waals surface area contributed by atoms with E-state index in [0.29, 0.717) is 19.6 Å². The number of carbonyl (C=O) groups excluding carboxylic acids is 1. The zero-order valence-electron chi connectivity index (χ0n) is 11.4. The molecule has 1 saturated heterocycles. The molecule has 0 saturated carbocycles. The Morgan fingerprint density at radius 2 is 2.11 bits per heavy atom. The Morgan fingerprint density at radius 1 is 1.44 bits per heavy atom. The van der Waals surface area contributed by atoms with Gasteiger partial charge in [-0.15, -0.1) is 0 Å². The van der Waals surface area contributed by atoms with E-state index >= 15 is 0 Å². The van der Waals surface area contributed by atoms with E-state index in [1.807, 2.05) is 0 Å². The predicted octanol–water partition coefficient (Wildman–Crippen LogP) is 1.37. The number of rotatable bonds is 5. The Balaban J connectivity index is 2.61. The first kappa shape index (κ1) is 15.0. The first-order valence-corrected chi connectivity index (χ1v) is 6.39. The van der Waals surface area contributed by atoms with Gasteiger partial charge in [-0.3, -0.25) is 9.59 Å². The van der Waals surface area contributed by atoms with Gasteiger partial charge in [0.15, 0.2) is 0 Å². The molecule has 0 aliphatic carbocycles. The van der Waals surface area contributed by atoms with Crippen LogP contribution >= 0.6 is 0 Å². The van der Waals surface area contributed by atoms with Gasteiger partial charge < -0.3 is 14.7 Å². The zero-order chi connectivity index (χ0) is 13.8. The predicted molar refractivity (Wildman–Crippen MR) is 67.2 cm³/mol. The van der Waals surface area contributed by atoms with Crippen LogP contribution in [-0.2, 0) is 14.3 Å². The molecule has 5 heteroatoms. The summed E-state index contributed by atoms with van der Waals surface area (Å²) in [6.45, 7) is 5.17. The number of carboxylic acids is 1. The molecular weight excluding hydrogens is 234 g/mol. The lowest BCUT2D eigenvalue weighted by atomic mass is 9.74. The van der Waals surface area contributed by atoms with E-state index in [4.69, 9.17) is 4.74 Å². The average Bonchev–Trinajstić information content (AvgIpc) is 2.35. The maximum absolute atomic E-state index is 11.9. The fraction of sp³-hybridized carbons (Fsp3) is 0.846. The quantitative estimate of drug-likeness (QED) is 0.808. The second kappa shape index (κ2) is 6.18. The fourth-order valence-corrected chi connectivity index (χ4v) is 2.31. The molecule has 104 valence electrons. The van der Waals surface area contributed by atoms with Crippen LogP contribution in [0, 0.1) is 11.3 Å². The average molecular weight is 257 g/mol. The summed E-state index contributed by atoms with van der Waals surface area (Å²) in [6.07, 6.45) is 2.12. The Kier molecular flexibility index (Phi) is 5.14. The summed E-state index contributed by atoms with van der Waals surface area (Å²) in [5, 5.41) is 9.24. The third kappa shape index (κ3) is 3.45. The molecule has 1 heterocycles. The summed E-state index contributed by atoms with van der Waals surface area (Å²) >= 11 is 0. The molecule has 0 radical (unpaired) electrons. The summed E-state index contributed by atoms with van der Waals surface area (Å²) in [6, 6.07) is 0. The molecule has 5 nitrogen and oxygen atoms in total. The lowest BCUT2D eigenvalue weighted by molar-refractivity contribution is -0.153. The molecule has 0 spiro atoms. The highest BCUT2D eigenvalue weighted by atomic mass is 16.5. The number of ether oxygens (including phenoxy) is 1. The van der Waals surface area contributed by atoms with Crippen LogP contribution in [0.2, 0.25) is 0 Å². The first-order valence-electron chi connectivity index (χ1n) is 6.39. The van der Waals surface area contributed by atoms with Gasteiger partial charge in [0.2, 0.25) is 5.91 Å². The molecule has 0 aromatic heterocycles. The number of amides is 1. The van der Waals surface area contributed by atoms with Crippen molar-refractivity contribution in [2.75, 3.05) is 26.8 Å². The summed E-state index contributed by atoms with van der Waals surface area (Å²) < 4.78 is 4.89. The van der Waals surface area contributed by atoms with E-state index in [1.54, 1.807) is 25.9 Å². The normalized spacial score (nSPS) is 20.8. The minimum absolute atomic E-state index is 0.0234. The number of carbonyl (C=O) groups is 2. The monoisotopic (exact) mass is 257 g/mol. The smallest absolute Gasteiger partial charge is 0.309 e. The van der Waals surface area contributed by atoms with Crippen LogP contribution in [0.15, 0.2) is 0 Å². The number of hydrogen-bond acceptors (Lipinski definition) is 3. The van der Waals surface area contributed by atoms with E-state index in [9.17, 15) is 14.7 Å². The van der Waals surface area contributed by atoms with Crippen molar-refractivity contribution in [3.63, 3.8) is 0 Å². The standard InChI is InChI=1S/C13H23NO4/c1-13(2,12(16)17)10-5-4-7-14(9-10)11(15)6-8-18-3/h10H,4-9H2,1-3H3,(H,16,17). The minimum Gasteiger partial charge on any atom is -0.481 e. The summed E-state index contributed by atoms with van der Waals surface area (Å²) in [5.74, 6) is -0.711. The summed E-state index contributed by atoms with van der Waals surface area (Å²) in [7, 11) is 1.57. The van der Waals surface area contributed by atoms with Gasteiger partial charge in [-0.1, -0.05) is 0 Å². The number of methoxy groups -OCH3 is 1. The lowest BCUT2D eigenvalue weighted by Crippen LogP contribution is -2.47. The molecule has 0 bridgehead atoms. The highest BCUT2D eigenvalue weighted by Crippen LogP contribution is 2.34. The highest BCUT2D eigenvalue weighted by Gasteiger charge is 2.39.